The van der Waals surface area contributed by atoms with Crippen LogP contribution < -0.4 is 0 Å². The second-order valence-corrected chi connectivity index (χ2v) is 7.02. The number of rotatable bonds is 5. The molecule has 124 valence electrons. The van der Waals surface area contributed by atoms with Crippen LogP contribution in [0.2, 0.25) is 0 Å². The zero-order valence-electron chi connectivity index (χ0n) is 14.4. The van der Waals surface area contributed by atoms with Gasteiger partial charge in [0.2, 0.25) is 0 Å². The zero-order chi connectivity index (χ0) is 17.1. The van der Waals surface area contributed by atoms with Gasteiger partial charge in [0.15, 0.2) is 0 Å². The molecule has 0 heterocycles. The first-order valence-electron chi connectivity index (χ1n) is 7.80. The number of hydrogen-bond donors (Lipinski definition) is 0. The SMILES string of the molecule is C=C(C)C(=O)OC1CC(C)CCC1C(C)(C)OC(=O)C(=C)C. The molecule has 0 saturated heterocycles. The summed E-state index contributed by atoms with van der Waals surface area (Å²) in [4.78, 5) is 23.7. The lowest BCUT2D eigenvalue weighted by Crippen LogP contribution is -2.47. The minimum Gasteiger partial charge on any atom is -0.459 e. The van der Waals surface area contributed by atoms with Crippen molar-refractivity contribution in [2.24, 2.45) is 11.8 Å². The number of hydrogen-bond acceptors (Lipinski definition) is 4. The van der Waals surface area contributed by atoms with E-state index >= 15 is 0 Å². The van der Waals surface area contributed by atoms with E-state index in [1.54, 1.807) is 13.8 Å². The second-order valence-electron chi connectivity index (χ2n) is 7.02. The van der Waals surface area contributed by atoms with Crippen LogP contribution in [-0.4, -0.2) is 23.6 Å². The van der Waals surface area contributed by atoms with Gasteiger partial charge in [0.05, 0.1) is 0 Å². The molecule has 0 spiro atoms. The van der Waals surface area contributed by atoms with Gasteiger partial charge in [-0.2, -0.15) is 0 Å². The first-order valence-corrected chi connectivity index (χ1v) is 7.80. The summed E-state index contributed by atoms with van der Waals surface area (Å²) in [6.45, 7) is 16.4. The van der Waals surface area contributed by atoms with Crippen LogP contribution in [-0.2, 0) is 19.1 Å². The average Bonchev–Trinajstić information content (AvgIpc) is 2.37. The van der Waals surface area contributed by atoms with E-state index in [1.807, 2.05) is 13.8 Å². The lowest BCUT2D eigenvalue weighted by Gasteiger charge is -2.42. The van der Waals surface area contributed by atoms with E-state index in [-0.39, 0.29) is 18.0 Å². The number of carbonyl (C=O) groups is 2. The Morgan fingerprint density at radius 2 is 1.59 bits per heavy atom. The standard InChI is InChI=1S/C18H28O4/c1-11(2)16(19)21-15-10-13(5)8-9-14(15)18(6,7)22-17(20)12(3)4/h13-15H,1,3,8-10H2,2,4-7H3. The van der Waals surface area contributed by atoms with E-state index in [0.29, 0.717) is 17.1 Å². The Kier molecular flexibility index (Phi) is 5.98. The summed E-state index contributed by atoms with van der Waals surface area (Å²) >= 11 is 0. The molecular weight excluding hydrogens is 280 g/mol. The molecule has 0 amide bonds. The minimum atomic E-state index is -0.712. The molecule has 1 saturated carbocycles. The maximum absolute atomic E-state index is 11.9. The maximum atomic E-state index is 11.9. The van der Waals surface area contributed by atoms with E-state index in [4.69, 9.17) is 9.47 Å². The van der Waals surface area contributed by atoms with Crippen LogP contribution >= 0.6 is 0 Å². The predicted octanol–water partition coefficient (Wildman–Crippen LogP) is 3.81. The third-order valence-corrected chi connectivity index (χ3v) is 4.26. The molecule has 0 bridgehead atoms. The summed E-state index contributed by atoms with van der Waals surface area (Å²) < 4.78 is 11.2. The van der Waals surface area contributed by atoms with Crippen LogP contribution in [0.3, 0.4) is 0 Å². The van der Waals surface area contributed by atoms with E-state index in [1.165, 1.54) is 0 Å². The first-order chi connectivity index (χ1) is 10.0. The molecule has 1 rings (SSSR count). The Labute approximate surface area is 133 Å². The Morgan fingerprint density at radius 1 is 1.05 bits per heavy atom. The first kappa shape index (κ1) is 18.5. The normalized spacial score (nSPS) is 25.2. The fourth-order valence-corrected chi connectivity index (χ4v) is 2.89. The summed E-state index contributed by atoms with van der Waals surface area (Å²) in [6.07, 6.45) is 2.39. The van der Waals surface area contributed by atoms with Crippen LogP contribution in [0.25, 0.3) is 0 Å². The lowest BCUT2D eigenvalue weighted by atomic mass is 9.73. The summed E-state index contributed by atoms with van der Waals surface area (Å²) in [6, 6.07) is 0. The highest BCUT2D eigenvalue weighted by molar-refractivity contribution is 5.87. The summed E-state index contributed by atoms with van der Waals surface area (Å²) in [5.41, 5.74) is 0.0392. The highest BCUT2D eigenvalue weighted by Crippen LogP contribution is 2.39. The van der Waals surface area contributed by atoms with Crippen molar-refractivity contribution in [2.75, 3.05) is 0 Å². The lowest BCUT2D eigenvalue weighted by molar-refractivity contribution is -0.173. The van der Waals surface area contributed by atoms with Gasteiger partial charge in [0.25, 0.3) is 0 Å². The molecule has 1 aliphatic carbocycles. The highest BCUT2D eigenvalue weighted by Gasteiger charge is 2.43. The predicted molar refractivity (Wildman–Crippen MR) is 86.2 cm³/mol. The van der Waals surface area contributed by atoms with Crippen molar-refractivity contribution >= 4 is 11.9 Å². The van der Waals surface area contributed by atoms with Gasteiger partial charge in [-0.25, -0.2) is 9.59 Å². The minimum absolute atomic E-state index is 0.0321. The van der Waals surface area contributed by atoms with Gasteiger partial charge in [-0.3, -0.25) is 0 Å². The van der Waals surface area contributed by atoms with Crippen molar-refractivity contribution in [1.29, 1.82) is 0 Å². The van der Waals surface area contributed by atoms with Crippen LogP contribution in [0.5, 0.6) is 0 Å². The largest absolute Gasteiger partial charge is 0.459 e. The summed E-state index contributed by atoms with van der Waals surface area (Å²) in [7, 11) is 0. The molecule has 3 unspecified atom stereocenters. The smallest absolute Gasteiger partial charge is 0.333 e. The van der Waals surface area contributed by atoms with Crippen molar-refractivity contribution < 1.29 is 19.1 Å². The van der Waals surface area contributed by atoms with Crippen molar-refractivity contribution in [1.82, 2.24) is 0 Å². The molecule has 0 radical (unpaired) electrons. The third kappa shape index (κ3) is 4.72. The van der Waals surface area contributed by atoms with Gasteiger partial charge in [-0.05, 0) is 46.5 Å². The molecule has 0 aromatic heterocycles. The number of esters is 2. The monoisotopic (exact) mass is 308 g/mol. The van der Waals surface area contributed by atoms with Gasteiger partial charge in [-0.1, -0.05) is 26.5 Å². The van der Waals surface area contributed by atoms with Gasteiger partial charge in [-0.15, -0.1) is 0 Å². The Bertz CT molecular complexity index is 475. The average molecular weight is 308 g/mol. The van der Waals surface area contributed by atoms with Crippen LogP contribution in [0.1, 0.15) is 53.9 Å². The Morgan fingerprint density at radius 3 is 2.09 bits per heavy atom. The molecule has 0 N–H and O–H groups in total. The van der Waals surface area contributed by atoms with Gasteiger partial charge in [0, 0.05) is 17.1 Å². The van der Waals surface area contributed by atoms with Crippen LogP contribution in [0.4, 0.5) is 0 Å². The molecule has 4 heteroatoms. The van der Waals surface area contributed by atoms with E-state index < -0.39 is 11.6 Å². The van der Waals surface area contributed by atoms with Crippen LogP contribution in [0.15, 0.2) is 24.3 Å². The molecule has 0 aromatic carbocycles. The Balaban J connectivity index is 2.91. The molecule has 0 aliphatic heterocycles. The maximum Gasteiger partial charge on any atom is 0.333 e. The van der Waals surface area contributed by atoms with Crippen molar-refractivity contribution in [3.05, 3.63) is 24.3 Å². The number of ether oxygens (including phenoxy) is 2. The quantitative estimate of drug-likeness (QED) is 0.572. The van der Waals surface area contributed by atoms with E-state index in [2.05, 4.69) is 20.1 Å². The highest BCUT2D eigenvalue weighted by atomic mass is 16.6. The zero-order valence-corrected chi connectivity index (χ0v) is 14.4. The third-order valence-electron chi connectivity index (χ3n) is 4.26. The van der Waals surface area contributed by atoms with Crippen molar-refractivity contribution in [3.63, 3.8) is 0 Å². The molecule has 4 nitrogen and oxygen atoms in total. The summed E-state index contributed by atoms with van der Waals surface area (Å²) in [5, 5.41) is 0. The van der Waals surface area contributed by atoms with Crippen molar-refractivity contribution in [3.8, 4) is 0 Å². The number of carbonyl (C=O) groups excluding carboxylic acids is 2. The van der Waals surface area contributed by atoms with Gasteiger partial charge >= 0.3 is 11.9 Å². The van der Waals surface area contributed by atoms with Crippen LogP contribution in [0, 0.1) is 11.8 Å². The Hall–Kier alpha value is -1.58. The van der Waals surface area contributed by atoms with E-state index in [0.717, 1.165) is 19.3 Å². The second kappa shape index (κ2) is 7.12. The fraction of sp³-hybridized carbons (Fsp3) is 0.667. The van der Waals surface area contributed by atoms with E-state index in [9.17, 15) is 9.59 Å². The molecule has 1 fully saturated rings. The van der Waals surface area contributed by atoms with Crippen molar-refractivity contribution in [2.45, 2.75) is 65.6 Å². The molecular formula is C18H28O4. The molecule has 0 aromatic rings. The fourth-order valence-electron chi connectivity index (χ4n) is 2.89. The molecule has 3 atom stereocenters. The van der Waals surface area contributed by atoms with Gasteiger partial charge in [0.1, 0.15) is 11.7 Å². The molecule has 1 aliphatic rings. The summed E-state index contributed by atoms with van der Waals surface area (Å²) in [5.74, 6) is -0.346. The molecule has 22 heavy (non-hydrogen) atoms. The topological polar surface area (TPSA) is 52.6 Å². The van der Waals surface area contributed by atoms with Gasteiger partial charge < -0.3 is 9.47 Å².